The molecule has 0 spiro atoms. The van der Waals surface area contributed by atoms with Gasteiger partial charge in [0.25, 0.3) is 0 Å². The Morgan fingerprint density at radius 3 is 2.21 bits per heavy atom. The van der Waals surface area contributed by atoms with Gasteiger partial charge in [0.05, 0.1) is 5.52 Å². The number of H-pyrrole nitrogens is 1. The first-order valence-electron chi connectivity index (χ1n) is 9.33. The molecule has 0 unspecified atom stereocenters. The molecule has 2 aromatic rings. The Hall–Kier alpha value is -1.61. The van der Waals surface area contributed by atoms with Crippen LogP contribution in [0, 0.1) is 20.8 Å². The Kier molecular flexibility index (Phi) is 6.61. The lowest BCUT2D eigenvalue weighted by Gasteiger charge is -2.23. The van der Waals surface area contributed by atoms with Crippen LogP contribution in [0.3, 0.4) is 0 Å². The fraction of sp³-hybridized carbons (Fsp3) is 0.571. The molecule has 0 aliphatic heterocycles. The number of fused-ring (bicyclic) bond motifs is 1. The predicted octanol–water partition coefficient (Wildman–Crippen LogP) is 4.86. The first-order valence-corrected chi connectivity index (χ1v) is 9.33. The van der Waals surface area contributed by atoms with E-state index in [4.69, 9.17) is 0 Å². The molecule has 0 amide bonds. The van der Waals surface area contributed by atoms with E-state index in [2.05, 4.69) is 43.6 Å². The van der Waals surface area contributed by atoms with E-state index < -0.39 is 0 Å². The number of benzene rings is 1. The first kappa shape index (κ1) is 18.7. The molecule has 0 saturated carbocycles. The highest BCUT2D eigenvalue weighted by Crippen LogP contribution is 2.19. The van der Waals surface area contributed by atoms with Gasteiger partial charge in [-0.25, -0.2) is 0 Å². The zero-order valence-electron chi connectivity index (χ0n) is 16.0. The zero-order valence-corrected chi connectivity index (χ0v) is 16.0. The van der Waals surface area contributed by atoms with Crippen molar-refractivity contribution >= 4 is 10.9 Å². The van der Waals surface area contributed by atoms with Gasteiger partial charge in [-0.2, -0.15) is 0 Å². The maximum absolute atomic E-state index is 13.0. The van der Waals surface area contributed by atoms with Gasteiger partial charge in [-0.3, -0.25) is 9.69 Å². The molecule has 132 valence electrons. The molecule has 1 aromatic carbocycles. The van der Waals surface area contributed by atoms with Gasteiger partial charge in [0, 0.05) is 23.2 Å². The summed E-state index contributed by atoms with van der Waals surface area (Å²) in [6.45, 7) is 13.5. The molecular weight excluding hydrogens is 296 g/mol. The van der Waals surface area contributed by atoms with Crippen molar-refractivity contribution in [3.63, 3.8) is 0 Å². The van der Waals surface area contributed by atoms with Crippen molar-refractivity contribution in [2.45, 2.75) is 66.8 Å². The smallest absolute Gasteiger partial charge is 0.194 e. The molecular formula is C21H32N2O. The fourth-order valence-electron chi connectivity index (χ4n) is 3.21. The van der Waals surface area contributed by atoms with Crippen LogP contribution in [0.5, 0.6) is 0 Å². The van der Waals surface area contributed by atoms with Gasteiger partial charge in [-0.1, -0.05) is 32.8 Å². The highest BCUT2D eigenvalue weighted by atomic mass is 16.1. The Bertz CT molecular complexity index is 738. The van der Waals surface area contributed by atoms with Crippen molar-refractivity contribution in [1.82, 2.24) is 9.88 Å². The standard InChI is InChI=1S/C21H32N2O/c1-6-8-12-23(13-9-7-2)14-19-17(5)22-20-16(4)15(3)10-11-18(20)21(19)24/h10-11H,6-9,12-14H2,1-5H3,(H,22,24). The molecule has 0 atom stereocenters. The van der Waals surface area contributed by atoms with E-state index in [-0.39, 0.29) is 5.43 Å². The van der Waals surface area contributed by atoms with Crippen molar-refractivity contribution in [2.75, 3.05) is 13.1 Å². The highest BCUT2D eigenvalue weighted by Gasteiger charge is 2.14. The van der Waals surface area contributed by atoms with Crippen LogP contribution in [-0.4, -0.2) is 23.0 Å². The minimum absolute atomic E-state index is 0.197. The minimum atomic E-state index is 0.197. The molecule has 3 heteroatoms. The van der Waals surface area contributed by atoms with E-state index in [1.807, 2.05) is 13.0 Å². The number of aryl methyl sites for hydroxylation is 3. The summed E-state index contributed by atoms with van der Waals surface area (Å²) in [4.78, 5) is 19.0. The van der Waals surface area contributed by atoms with Gasteiger partial charge < -0.3 is 4.98 Å². The van der Waals surface area contributed by atoms with Gasteiger partial charge >= 0.3 is 0 Å². The Labute approximate surface area is 146 Å². The minimum Gasteiger partial charge on any atom is -0.358 e. The molecule has 24 heavy (non-hydrogen) atoms. The summed E-state index contributed by atoms with van der Waals surface area (Å²) in [6.07, 6.45) is 4.75. The number of aromatic amines is 1. The lowest BCUT2D eigenvalue weighted by atomic mass is 10.0. The number of unbranched alkanes of at least 4 members (excludes halogenated alkanes) is 2. The van der Waals surface area contributed by atoms with E-state index in [1.54, 1.807) is 0 Å². The molecule has 1 N–H and O–H groups in total. The van der Waals surface area contributed by atoms with Crippen LogP contribution >= 0.6 is 0 Å². The van der Waals surface area contributed by atoms with Gasteiger partial charge in [-0.15, -0.1) is 0 Å². The third kappa shape index (κ3) is 4.07. The van der Waals surface area contributed by atoms with E-state index in [1.165, 1.54) is 36.8 Å². The number of pyridine rings is 1. The first-order chi connectivity index (χ1) is 11.5. The number of nitrogens with zero attached hydrogens (tertiary/aromatic N) is 1. The molecule has 0 bridgehead atoms. The van der Waals surface area contributed by atoms with E-state index in [9.17, 15) is 4.79 Å². The Balaban J connectivity index is 2.40. The third-order valence-corrected chi connectivity index (χ3v) is 5.06. The summed E-state index contributed by atoms with van der Waals surface area (Å²) in [5, 5.41) is 0.824. The lowest BCUT2D eigenvalue weighted by molar-refractivity contribution is 0.256. The fourth-order valence-corrected chi connectivity index (χ4v) is 3.21. The molecule has 0 saturated heterocycles. The summed E-state index contributed by atoms with van der Waals surface area (Å²) in [5.41, 5.74) is 5.53. The third-order valence-electron chi connectivity index (χ3n) is 5.06. The van der Waals surface area contributed by atoms with Crippen LogP contribution in [0.4, 0.5) is 0 Å². The SMILES string of the molecule is CCCCN(CCCC)Cc1c(C)[nH]c2c(C)c(C)ccc2c1=O. The van der Waals surface area contributed by atoms with Crippen LogP contribution in [0.2, 0.25) is 0 Å². The average Bonchev–Trinajstić information content (AvgIpc) is 2.57. The van der Waals surface area contributed by atoms with E-state index in [0.717, 1.165) is 41.8 Å². The summed E-state index contributed by atoms with van der Waals surface area (Å²) in [7, 11) is 0. The van der Waals surface area contributed by atoms with Crippen molar-refractivity contribution in [3.8, 4) is 0 Å². The molecule has 0 aliphatic carbocycles. The number of aromatic nitrogens is 1. The zero-order chi connectivity index (χ0) is 17.7. The predicted molar refractivity (Wildman–Crippen MR) is 104 cm³/mol. The van der Waals surface area contributed by atoms with Crippen molar-refractivity contribution in [3.05, 3.63) is 44.7 Å². The summed E-state index contributed by atoms with van der Waals surface area (Å²) >= 11 is 0. The highest BCUT2D eigenvalue weighted by molar-refractivity contribution is 5.83. The van der Waals surface area contributed by atoms with Crippen molar-refractivity contribution in [2.24, 2.45) is 0 Å². The topological polar surface area (TPSA) is 36.1 Å². The quantitative estimate of drug-likeness (QED) is 0.751. The molecule has 0 aliphatic rings. The molecule has 0 radical (unpaired) electrons. The van der Waals surface area contributed by atoms with Crippen molar-refractivity contribution in [1.29, 1.82) is 0 Å². The normalized spacial score (nSPS) is 11.6. The second-order valence-corrected chi connectivity index (χ2v) is 6.97. The Morgan fingerprint density at radius 2 is 1.62 bits per heavy atom. The maximum Gasteiger partial charge on any atom is 0.194 e. The van der Waals surface area contributed by atoms with Gasteiger partial charge in [0.15, 0.2) is 5.43 Å². The molecule has 2 rings (SSSR count). The molecule has 3 nitrogen and oxygen atoms in total. The second-order valence-electron chi connectivity index (χ2n) is 6.97. The lowest BCUT2D eigenvalue weighted by Crippen LogP contribution is -2.29. The summed E-state index contributed by atoms with van der Waals surface area (Å²) in [6, 6.07) is 4.03. The number of hydrogen-bond acceptors (Lipinski definition) is 2. The molecule has 1 heterocycles. The number of hydrogen-bond donors (Lipinski definition) is 1. The molecule has 0 fully saturated rings. The maximum atomic E-state index is 13.0. The van der Waals surface area contributed by atoms with Crippen LogP contribution in [0.25, 0.3) is 10.9 Å². The van der Waals surface area contributed by atoms with Crippen LogP contribution < -0.4 is 5.43 Å². The number of rotatable bonds is 8. The van der Waals surface area contributed by atoms with Crippen molar-refractivity contribution < 1.29 is 0 Å². The Morgan fingerprint density at radius 1 is 1.00 bits per heavy atom. The summed E-state index contributed by atoms with van der Waals surface area (Å²) in [5.74, 6) is 0. The second kappa shape index (κ2) is 8.48. The van der Waals surface area contributed by atoms with Gasteiger partial charge in [0.2, 0.25) is 0 Å². The van der Waals surface area contributed by atoms with Crippen LogP contribution in [0.15, 0.2) is 16.9 Å². The molecule has 1 aromatic heterocycles. The largest absolute Gasteiger partial charge is 0.358 e. The van der Waals surface area contributed by atoms with Crippen LogP contribution in [0.1, 0.15) is 61.9 Å². The van der Waals surface area contributed by atoms with Gasteiger partial charge in [-0.05, 0) is 63.9 Å². The number of nitrogens with one attached hydrogen (secondary N) is 1. The average molecular weight is 329 g/mol. The van der Waals surface area contributed by atoms with Crippen LogP contribution in [-0.2, 0) is 6.54 Å². The summed E-state index contributed by atoms with van der Waals surface area (Å²) < 4.78 is 0. The van der Waals surface area contributed by atoms with E-state index >= 15 is 0 Å². The van der Waals surface area contributed by atoms with Gasteiger partial charge in [0.1, 0.15) is 0 Å². The monoisotopic (exact) mass is 328 g/mol. The van der Waals surface area contributed by atoms with E-state index in [0.29, 0.717) is 0 Å².